The summed E-state index contributed by atoms with van der Waals surface area (Å²) in [5, 5.41) is 13.9. The molecule has 452 valence electrons. The van der Waals surface area contributed by atoms with Crippen LogP contribution in [-0.4, -0.2) is 73.4 Å². The maximum atomic E-state index is 13.0. The minimum atomic E-state index is -4.38. The number of unbranched alkanes of at least 4 members (excludes halogenated alkanes) is 16. The first kappa shape index (κ1) is 75.9. The van der Waals surface area contributed by atoms with Crippen molar-refractivity contribution in [3.05, 3.63) is 170 Å². The van der Waals surface area contributed by atoms with E-state index in [0.29, 0.717) is 17.4 Å². The lowest BCUT2D eigenvalue weighted by atomic mass is 10.1. The van der Waals surface area contributed by atoms with Crippen LogP contribution in [0.25, 0.3) is 0 Å². The molecule has 3 atom stereocenters. The number of hydrogen-bond acceptors (Lipinski definition) is 5. The summed E-state index contributed by atoms with van der Waals surface area (Å²) in [6, 6.07) is -0.890. The monoisotopic (exact) mass is 1130 g/mol. The third-order valence-corrected chi connectivity index (χ3v) is 13.9. The first-order valence-corrected chi connectivity index (χ1v) is 33.0. The summed E-state index contributed by atoms with van der Waals surface area (Å²) in [4.78, 5) is 23.3. The van der Waals surface area contributed by atoms with E-state index in [2.05, 4.69) is 177 Å². The number of rotatable bonds is 55. The lowest BCUT2D eigenvalue weighted by Crippen LogP contribution is -2.45. The van der Waals surface area contributed by atoms with E-state index in [1.165, 1.54) is 70.6 Å². The highest BCUT2D eigenvalue weighted by Gasteiger charge is 2.27. The molecule has 0 aliphatic rings. The van der Waals surface area contributed by atoms with E-state index >= 15 is 0 Å². The molecule has 3 N–H and O–H groups in total. The van der Waals surface area contributed by atoms with E-state index in [1.54, 1.807) is 6.08 Å². The highest BCUT2D eigenvalue weighted by molar-refractivity contribution is 7.47. The number of carbonyl (C=O) groups is 1. The van der Waals surface area contributed by atoms with Crippen molar-refractivity contribution in [2.75, 3.05) is 40.9 Å². The average Bonchev–Trinajstić information content (AvgIpc) is 3.42. The summed E-state index contributed by atoms with van der Waals surface area (Å²) in [6.07, 6.45) is 94.7. The van der Waals surface area contributed by atoms with Crippen molar-refractivity contribution in [3.63, 3.8) is 0 Å². The molecule has 9 heteroatoms. The number of aliphatic hydroxyl groups is 1. The number of amides is 1. The van der Waals surface area contributed by atoms with Gasteiger partial charge in [-0.3, -0.25) is 13.8 Å². The standard InChI is InChI=1S/C71H117N2O6P/c1-6-8-10-12-14-16-18-20-22-24-25-26-27-28-29-30-31-32-33-34-35-36-37-38-39-40-41-42-43-44-45-46-47-49-51-53-55-57-59-61-63-65-71(75)72-69(68-79-80(76,77)78-67-66-73(3,4)5)70(74)64-62-60-58-56-54-52-50-48-23-21-19-17-15-13-11-9-7-2/h8,10,14,16,20,22,25-26,28-29,31-32,34-35,37-38,40-41,43-44,46-47,51,53-54,56,62,64,69-70,74H,6-7,9,11-13,15,17-19,21,23-24,27,30,33,36,39,42,45,48-50,52,55,57-61,63,65-68H2,1-5H3,(H-,72,75,76,77)/p+1/b10-8-,16-14-,22-20-,26-25-,29-28-,32-31-,35-34-,38-37-,41-40-,44-43-,47-46-,53-51-,56-54+,64-62+. The molecule has 0 bridgehead atoms. The van der Waals surface area contributed by atoms with Gasteiger partial charge in [-0.2, -0.15) is 0 Å². The molecule has 0 heterocycles. The second-order valence-electron chi connectivity index (χ2n) is 21.7. The zero-order valence-electron chi connectivity index (χ0n) is 51.5. The summed E-state index contributed by atoms with van der Waals surface area (Å²) in [5.41, 5.74) is 0. The largest absolute Gasteiger partial charge is 0.472 e. The summed E-state index contributed by atoms with van der Waals surface area (Å²) < 4.78 is 23.7. The Bertz CT molecular complexity index is 1900. The van der Waals surface area contributed by atoms with Crippen LogP contribution in [0.3, 0.4) is 0 Å². The van der Waals surface area contributed by atoms with Gasteiger partial charge in [0.25, 0.3) is 0 Å². The van der Waals surface area contributed by atoms with Crippen LogP contribution >= 0.6 is 7.82 Å². The number of aliphatic hydroxyl groups excluding tert-OH is 1. The third-order valence-electron chi connectivity index (χ3n) is 12.9. The summed E-state index contributed by atoms with van der Waals surface area (Å²) in [7, 11) is 1.51. The Morgan fingerprint density at radius 1 is 0.438 bits per heavy atom. The highest BCUT2D eigenvalue weighted by Crippen LogP contribution is 2.43. The Balaban J connectivity index is 4.25. The smallest absolute Gasteiger partial charge is 0.387 e. The minimum absolute atomic E-state index is 0.0418. The Labute approximate surface area is 492 Å². The fourth-order valence-corrected chi connectivity index (χ4v) is 8.77. The molecule has 0 aromatic heterocycles. The Hall–Kier alpha value is -4.14. The van der Waals surface area contributed by atoms with Crippen LogP contribution in [0.1, 0.15) is 219 Å². The van der Waals surface area contributed by atoms with Crippen LogP contribution in [0.4, 0.5) is 0 Å². The number of phosphoric acid groups is 1. The number of carbonyl (C=O) groups excluding carboxylic acids is 1. The molecule has 0 aromatic rings. The highest BCUT2D eigenvalue weighted by atomic mass is 31.2. The third kappa shape index (κ3) is 61.5. The zero-order valence-corrected chi connectivity index (χ0v) is 52.4. The minimum Gasteiger partial charge on any atom is -0.387 e. The van der Waals surface area contributed by atoms with Crippen molar-refractivity contribution in [2.24, 2.45) is 0 Å². The lowest BCUT2D eigenvalue weighted by Gasteiger charge is -2.25. The van der Waals surface area contributed by atoms with E-state index in [9.17, 15) is 19.4 Å². The van der Waals surface area contributed by atoms with Gasteiger partial charge in [0.2, 0.25) is 5.91 Å². The topological polar surface area (TPSA) is 105 Å². The summed E-state index contributed by atoms with van der Waals surface area (Å²) in [6.45, 7) is 4.64. The maximum absolute atomic E-state index is 13.0. The second-order valence-corrected chi connectivity index (χ2v) is 23.1. The predicted octanol–water partition coefficient (Wildman–Crippen LogP) is 20.0. The molecular formula is C71H118N2O6P+. The number of nitrogens with one attached hydrogen (secondary N) is 1. The molecule has 8 nitrogen and oxygen atoms in total. The summed E-state index contributed by atoms with van der Waals surface area (Å²) in [5.74, 6) is -0.218. The number of phosphoric ester groups is 1. The van der Waals surface area contributed by atoms with Gasteiger partial charge in [-0.25, -0.2) is 4.57 Å². The molecule has 1 amide bonds. The normalized spacial score (nSPS) is 14.9. The van der Waals surface area contributed by atoms with E-state index < -0.39 is 20.0 Å². The van der Waals surface area contributed by atoms with Crippen LogP contribution in [-0.2, 0) is 18.4 Å². The van der Waals surface area contributed by atoms with Gasteiger partial charge in [0.05, 0.1) is 39.9 Å². The number of hydrogen-bond donors (Lipinski definition) is 3. The Morgan fingerprint density at radius 3 is 1.15 bits per heavy atom. The van der Waals surface area contributed by atoms with Crippen molar-refractivity contribution >= 4 is 13.7 Å². The Kier molecular flexibility index (Phi) is 56.4. The molecule has 0 aliphatic carbocycles. The molecule has 0 spiro atoms. The fraction of sp³-hybridized carbons (Fsp3) is 0.592. The van der Waals surface area contributed by atoms with Crippen LogP contribution < -0.4 is 5.32 Å². The van der Waals surface area contributed by atoms with Gasteiger partial charge >= 0.3 is 7.82 Å². The van der Waals surface area contributed by atoms with Gasteiger partial charge in [-0.15, -0.1) is 0 Å². The molecule has 0 saturated heterocycles. The summed E-state index contributed by atoms with van der Waals surface area (Å²) >= 11 is 0. The molecule has 0 saturated carbocycles. The van der Waals surface area contributed by atoms with Gasteiger partial charge in [0, 0.05) is 6.42 Å². The quantitative estimate of drug-likeness (QED) is 0.0243. The number of allylic oxidation sites excluding steroid dienone is 27. The molecule has 0 radical (unpaired) electrons. The molecule has 3 unspecified atom stereocenters. The van der Waals surface area contributed by atoms with Gasteiger partial charge in [0.1, 0.15) is 13.2 Å². The average molecular weight is 1130 g/mol. The van der Waals surface area contributed by atoms with Crippen molar-refractivity contribution in [1.29, 1.82) is 0 Å². The van der Waals surface area contributed by atoms with E-state index in [-0.39, 0.29) is 19.1 Å². The number of nitrogens with zero attached hydrogens (tertiary/aromatic N) is 1. The Morgan fingerprint density at radius 2 is 0.762 bits per heavy atom. The molecule has 0 aliphatic heterocycles. The number of likely N-dealkylation sites (N-methyl/N-ethyl adjacent to an activating group) is 1. The van der Waals surface area contributed by atoms with Crippen LogP contribution in [0.2, 0.25) is 0 Å². The van der Waals surface area contributed by atoms with Gasteiger partial charge in [-0.1, -0.05) is 261 Å². The van der Waals surface area contributed by atoms with Crippen LogP contribution in [0.15, 0.2) is 170 Å². The van der Waals surface area contributed by atoms with Crippen LogP contribution in [0.5, 0.6) is 0 Å². The van der Waals surface area contributed by atoms with Crippen LogP contribution in [0, 0.1) is 0 Å². The molecular weight excluding hydrogens is 1010 g/mol. The zero-order chi connectivity index (χ0) is 58.4. The first-order valence-electron chi connectivity index (χ1n) is 31.5. The van der Waals surface area contributed by atoms with Gasteiger partial charge in [-0.05, 0) is 122 Å². The van der Waals surface area contributed by atoms with Crippen molar-refractivity contribution < 1.29 is 32.9 Å². The van der Waals surface area contributed by atoms with Crippen molar-refractivity contribution in [3.8, 4) is 0 Å². The maximum Gasteiger partial charge on any atom is 0.472 e. The number of quaternary nitrogens is 1. The molecule has 0 rings (SSSR count). The molecule has 0 aromatic carbocycles. The predicted molar refractivity (Wildman–Crippen MR) is 350 cm³/mol. The second kappa shape index (κ2) is 59.5. The molecule has 0 fully saturated rings. The fourth-order valence-electron chi connectivity index (χ4n) is 8.04. The van der Waals surface area contributed by atoms with E-state index in [4.69, 9.17) is 9.05 Å². The molecule has 80 heavy (non-hydrogen) atoms. The first-order chi connectivity index (χ1) is 39.0. The van der Waals surface area contributed by atoms with Gasteiger partial charge < -0.3 is 19.8 Å². The SMILES string of the molecule is CC/C=C\C/C=C\C/C=C\C/C=C\C/C=C\C/C=C\C/C=C\C/C=C\C/C=C\C/C=C\C/C=C\C/C=C\CCCCCCC(=O)NC(COP(=O)(O)OCC[N+](C)(C)C)C(O)/C=C/CC/C=C/CCCCCCCCCCCCC. The lowest BCUT2D eigenvalue weighted by molar-refractivity contribution is -0.870. The van der Waals surface area contributed by atoms with Crippen molar-refractivity contribution in [1.82, 2.24) is 5.32 Å². The van der Waals surface area contributed by atoms with E-state index in [1.807, 2.05) is 27.2 Å². The van der Waals surface area contributed by atoms with Crippen molar-refractivity contribution in [2.45, 2.75) is 231 Å². The van der Waals surface area contributed by atoms with E-state index in [0.717, 1.165) is 128 Å². The van der Waals surface area contributed by atoms with Gasteiger partial charge in [0.15, 0.2) is 0 Å².